The van der Waals surface area contributed by atoms with Gasteiger partial charge in [0.05, 0.1) is 30.2 Å². The number of rotatable bonds is 6. The minimum absolute atomic E-state index is 0.00842. The molecule has 1 aliphatic carbocycles. The second-order valence-corrected chi connectivity index (χ2v) is 15.0. The van der Waals surface area contributed by atoms with Gasteiger partial charge in [-0.1, -0.05) is 120 Å². The molecule has 0 N–H and O–H groups in total. The Kier molecular flexibility index (Phi) is 8.46. The molecular formula is C40H32N2O3S3. The average molecular weight is 685 g/mol. The lowest BCUT2D eigenvalue weighted by Gasteiger charge is -2.31. The molecule has 8 heteroatoms. The summed E-state index contributed by atoms with van der Waals surface area (Å²) in [6.07, 6.45) is 5.05. The maximum absolute atomic E-state index is 14.7. The first-order chi connectivity index (χ1) is 23.6. The number of nitrogens with zero attached hydrogens (tertiary/aromatic N) is 2. The molecule has 238 valence electrons. The maximum Gasteiger partial charge on any atom is 0.272 e. The van der Waals surface area contributed by atoms with Gasteiger partial charge in [-0.25, -0.2) is 4.99 Å². The molecule has 5 aromatic rings. The smallest absolute Gasteiger partial charge is 0.272 e. The molecule has 3 aliphatic rings. The fourth-order valence-electron chi connectivity index (χ4n) is 6.52. The van der Waals surface area contributed by atoms with Gasteiger partial charge in [-0.3, -0.25) is 9.36 Å². The lowest BCUT2D eigenvalue weighted by molar-refractivity contribution is 0.414. The molecule has 1 unspecified atom stereocenters. The molecule has 0 spiro atoms. The Morgan fingerprint density at radius 3 is 1.92 bits per heavy atom. The van der Waals surface area contributed by atoms with Gasteiger partial charge >= 0.3 is 0 Å². The molecule has 0 saturated heterocycles. The molecule has 0 amide bonds. The van der Waals surface area contributed by atoms with Crippen LogP contribution in [0.5, 0.6) is 11.5 Å². The highest BCUT2D eigenvalue weighted by Gasteiger charge is 2.34. The number of allylic oxidation sites excluding steroid dienone is 2. The van der Waals surface area contributed by atoms with Gasteiger partial charge in [-0.15, -0.1) is 0 Å². The Labute approximate surface area is 291 Å². The minimum atomic E-state index is -0.248. The van der Waals surface area contributed by atoms with Crippen LogP contribution in [-0.4, -0.2) is 18.8 Å². The molecule has 0 bridgehead atoms. The zero-order valence-electron chi connectivity index (χ0n) is 26.5. The van der Waals surface area contributed by atoms with Crippen LogP contribution in [0.15, 0.2) is 136 Å². The summed E-state index contributed by atoms with van der Waals surface area (Å²) < 4.78 is 14.6. The highest BCUT2D eigenvalue weighted by atomic mass is 32.2. The molecule has 0 saturated carbocycles. The molecule has 1 aromatic heterocycles. The zero-order valence-corrected chi connectivity index (χ0v) is 29.0. The number of fused-ring (bicyclic) bond motifs is 1. The van der Waals surface area contributed by atoms with Gasteiger partial charge in [0.1, 0.15) is 16.0 Å². The molecule has 8 rings (SSSR count). The first kappa shape index (κ1) is 30.8. The van der Waals surface area contributed by atoms with Gasteiger partial charge in [0.25, 0.3) is 5.56 Å². The van der Waals surface area contributed by atoms with Crippen LogP contribution in [0.25, 0.3) is 20.1 Å². The molecule has 0 radical (unpaired) electrons. The van der Waals surface area contributed by atoms with E-state index in [4.69, 9.17) is 14.5 Å². The predicted octanol–water partition coefficient (Wildman–Crippen LogP) is 8.74. The number of hydrogen-bond donors (Lipinski definition) is 0. The first-order valence-corrected chi connectivity index (χ1v) is 18.3. The van der Waals surface area contributed by atoms with Crippen LogP contribution in [0.1, 0.15) is 47.6 Å². The number of benzene rings is 4. The van der Waals surface area contributed by atoms with E-state index in [1.54, 1.807) is 37.7 Å². The quantitative estimate of drug-likeness (QED) is 0.179. The fraction of sp³-hybridized carbons (Fsp3) is 0.150. The van der Waals surface area contributed by atoms with E-state index in [0.717, 1.165) is 72.3 Å². The van der Waals surface area contributed by atoms with Crippen LogP contribution in [0.4, 0.5) is 0 Å². The van der Waals surface area contributed by atoms with Gasteiger partial charge in [0.15, 0.2) is 4.80 Å². The topological polar surface area (TPSA) is 52.8 Å². The van der Waals surface area contributed by atoms with Crippen LogP contribution in [0, 0.1) is 0 Å². The molecule has 0 fully saturated rings. The molecule has 2 aliphatic heterocycles. The zero-order chi connectivity index (χ0) is 32.6. The summed E-state index contributed by atoms with van der Waals surface area (Å²) in [5.74, 6) is 1.62. The van der Waals surface area contributed by atoms with Crippen molar-refractivity contribution in [1.29, 1.82) is 0 Å². The molecule has 48 heavy (non-hydrogen) atoms. The van der Waals surface area contributed by atoms with Crippen molar-refractivity contribution < 1.29 is 9.47 Å². The van der Waals surface area contributed by atoms with E-state index in [9.17, 15) is 4.79 Å². The van der Waals surface area contributed by atoms with Crippen molar-refractivity contribution >= 4 is 55.0 Å². The summed E-state index contributed by atoms with van der Waals surface area (Å²) in [5, 5.41) is 0. The Morgan fingerprint density at radius 2 is 1.33 bits per heavy atom. The maximum atomic E-state index is 14.7. The van der Waals surface area contributed by atoms with E-state index in [-0.39, 0.29) is 11.6 Å². The number of ether oxygens (including phenoxy) is 2. The van der Waals surface area contributed by atoms with E-state index in [1.165, 1.54) is 32.3 Å². The third-order valence-corrected chi connectivity index (χ3v) is 12.9. The average Bonchev–Trinajstić information content (AvgIpc) is 3.73. The van der Waals surface area contributed by atoms with Crippen LogP contribution < -0.4 is 24.4 Å². The van der Waals surface area contributed by atoms with Crippen molar-refractivity contribution in [3.8, 4) is 11.5 Å². The summed E-state index contributed by atoms with van der Waals surface area (Å²) in [6.45, 7) is 0. The number of methoxy groups -OCH3 is 2. The number of thioether (sulfide) groups is 2. The van der Waals surface area contributed by atoms with Gasteiger partial charge in [0.2, 0.25) is 0 Å². The van der Waals surface area contributed by atoms with Gasteiger partial charge in [-0.2, -0.15) is 0 Å². The van der Waals surface area contributed by atoms with Crippen LogP contribution in [0.3, 0.4) is 0 Å². The lowest BCUT2D eigenvalue weighted by Crippen LogP contribution is -2.39. The van der Waals surface area contributed by atoms with Gasteiger partial charge < -0.3 is 9.47 Å². The predicted molar refractivity (Wildman–Crippen MR) is 201 cm³/mol. The molecule has 3 heterocycles. The summed E-state index contributed by atoms with van der Waals surface area (Å²) in [7, 11) is 3.36. The highest BCUT2D eigenvalue weighted by molar-refractivity contribution is 8.41. The Bertz CT molecular complexity index is 2230. The van der Waals surface area contributed by atoms with E-state index >= 15 is 0 Å². The van der Waals surface area contributed by atoms with Crippen molar-refractivity contribution in [2.24, 2.45) is 4.99 Å². The van der Waals surface area contributed by atoms with Crippen LogP contribution in [0.2, 0.25) is 0 Å². The summed E-state index contributed by atoms with van der Waals surface area (Å²) in [5.41, 5.74) is 7.87. The summed E-state index contributed by atoms with van der Waals surface area (Å²) in [6, 6.07) is 36.9. The molecular weight excluding hydrogens is 653 g/mol. The standard InChI is InChI=1S/C40H32N2O3S3/c1-44-30-20-16-25(17-21-30)24-29-14-9-15-32-33(29)41-40-42(34(32)26-18-22-31(45-2)23-19-26)38(43)37(48-40)39-46-35(27-10-5-3-6-11-27)36(47-39)28-12-7-4-8-13-28/h3-8,10-13,16-24,34H,9,14-15H2,1-2H3/b29-24+. The second kappa shape index (κ2) is 13.2. The Morgan fingerprint density at radius 1 is 0.750 bits per heavy atom. The Balaban J connectivity index is 1.30. The van der Waals surface area contributed by atoms with Gasteiger partial charge in [-0.05, 0) is 83.0 Å². The SMILES string of the molecule is COc1ccc(/C=C2\CCCC3=C2N=c2sc(=C4SC(c5ccccc5)=C(c5ccccc5)S4)c(=O)n2C3c2ccc(OC)cc2)cc1. The van der Waals surface area contributed by atoms with E-state index in [0.29, 0.717) is 0 Å². The summed E-state index contributed by atoms with van der Waals surface area (Å²) in [4.78, 5) is 23.0. The highest BCUT2D eigenvalue weighted by Crippen LogP contribution is 2.57. The molecule has 5 nitrogen and oxygen atoms in total. The lowest BCUT2D eigenvalue weighted by atomic mass is 9.84. The van der Waals surface area contributed by atoms with E-state index in [1.807, 2.05) is 41.0 Å². The number of hydrogen-bond acceptors (Lipinski definition) is 7. The van der Waals surface area contributed by atoms with Gasteiger partial charge in [0, 0.05) is 9.81 Å². The van der Waals surface area contributed by atoms with Crippen molar-refractivity contribution in [1.82, 2.24) is 4.57 Å². The van der Waals surface area contributed by atoms with E-state index in [2.05, 4.69) is 78.9 Å². The number of aromatic nitrogens is 1. The molecule has 4 aromatic carbocycles. The second-order valence-electron chi connectivity index (χ2n) is 11.7. The van der Waals surface area contributed by atoms with Crippen LogP contribution in [-0.2, 0) is 0 Å². The fourth-order valence-corrected chi connectivity index (χ4v) is 10.5. The number of thiazole rings is 1. The first-order valence-electron chi connectivity index (χ1n) is 15.9. The summed E-state index contributed by atoms with van der Waals surface area (Å²) >= 11 is 4.89. The van der Waals surface area contributed by atoms with Crippen molar-refractivity contribution in [3.63, 3.8) is 0 Å². The normalized spacial score (nSPS) is 18.1. The van der Waals surface area contributed by atoms with Crippen molar-refractivity contribution in [3.05, 3.63) is 168 Å². The Hall–Kier alpha value is -4.50. The van der Waals surface area contributed by atoms with Crippen LogP contribution >= 0.6 is 34.9 Å². The molecule has 1 atom stereocenters. The monoisotopic (exact) mass is 684 g/mol. The third kappa shape index (κ3) is 5.68. The van der Waals surface area contributed by atoms with Crippen molar-refractivity contribution in [2.75, 3.05) is 14.2 Å². The minimum Gasteiger partial charge on any atom is -0.497 e. The van der Waals surface area contributed by atoms with Crippen molar-refractivity contribution in [2.45, 2.75) is 25.3 Å². The van der Waals surface area contributed by atoms with E-state index < -0.39 is 0 Å². The largest absolute Gasteiger partial charge is 0.497 e. The third-order valence-electron chi connectivity index (χ3n) is 8.85.